The molecule has 0 bridgehead atoms. The summed E-state index contributed by atoms with van der Waals surface area (Å²) in [5.41, 5.74) is 10.6. The van der Waals surface area contributed by atoms with Crippen molar-refractivity contribution in [2.24, 2.45) is 5.73 Å². The summed E-state index contributed by atoms with van der Waals surface area (Å²) >= 11 is 0. The second-order valence-corrected chi connectivity index (χ2v) is 6.91. The molecule has 5 nitrogen and oxygen atoms in total. The summed E-state index contributed by atoms with van der Waals surface area (Å²) in [5, 5.41) is 15.5. The maximum Gasteiger partial charge on any atom is 0.177 e. The fourth-order valence-corrected chi connectivity index (χ4v) is 3.20. The van der Waals surface area contributed by atoms with Gasteiger partial charge in [0.2, 0.25) is 0 Å². The van der Waals surface area contributed by atoms with Gasteiger partial charge in [-0.2, -0.15) is 9.61 Å². The molecule has 0 atom stereocenters. The Bertz CT molecular complexity index is 1280. The molecule has 0 amide bonds. The Labute approximate surface area is 169 Å². The van der Waals surface area contributed by atoms with E-state index in [1.807, 2.05) is 66.1 Å². The Morgan fingerprint density at radius 1 is 1.00 bits per heavy atom. The molecule has 29 heavy (non-hydrogen) atoms. The molecular formula is C24H23N5. The molecule has 0 saturated carbocycles. The van der Waals surface area contributed by atoms with Crippen molar-refractivity contribution in [2.45, 2.75) is 19.9 Å². The number of rotatable bonds is 5. The van der Waals surface area contributed by atoms with Gasteiger partial charge in [-0.25, -0.2) is 0 Å². The molecule has 2 N–H and O–H groups in total. The highest BCUT2D eigenvalue weighted by Crippen LogP contribution is 2.18. The molecule has 0 aliphatic rings. The standard InChI is InChI=1S/C24H23N5/c1-3-4-5-21-14-19(7-6-17(21)2)15-24-27-26-23-13-12-22(28-29(23)24)20-10-8-18(16-25)9-11-20/h3-14H,2,15-16,25H2,1H3/b4-3-,21-5-. The van der Waals surface area contributed by atoms with Crippen LogP contribution in [0.25, 0.3) is 29.6 Å². The van der Waals surface area contributed by atoms with E-state index < -0.39 is 0 Å². The molecule has 0 radical (unpaired) electrons. The summed E-state index contributed by atoms with van der Waals surface area (Å²) in [4.78, 5) is 0. The largest absolute Gasteiger partial charge is 0.326 e. The van der Waals surface area contributed by atoms with E-state index in [1.54, 1.807) is 0 Å². The minimum absolute atomic E-state index is 0.530. The maximum atomic E-state index is 5.69. The number of hydrogen-bond donors (Lipinski definition) is 1. The quantitative estimate of drug-likeness (QED) is 0.577. The molecule has 0 aliphatic carbocycles. The van der Waals surface area contributed by atoms with Crippen molar-refractivity contribution in [2.75, 3.05) is 0 Å². The van der Waals surface area contributed by atoms with Gasteiger partial charge in [-0.1, -0.05) is 67.3 Å². The van der Waals surface area contributed by atoms with Gasteiger partial charge in [-0.15, -0.1) is 10.2 Å². The number of nitrogens with two attached hydrogens (primary N) is 1. The van der Waals surface area contributed by atoms with Crippen LogP contribution < -0.4 is 16.2 Å². The van der Waals surface area contributed by atoms with Crippen LogP contribution in [-0.2, 0) is 13.0 Å². The van der Waals surface area contributed by atoms with E-state index in [-0.39, 0.29) is 0 Å². The van der Waals surface area contributed by atoms with Crippen molar-refractivity contribution in [3.63, 3.8) is 0 Å². The van der Waals surface area contributed by atoms with Crippen molar-refractivity contribution in [3.05, 3.63) is 94.1 Å². The molecule has 0 unspecified atom stereocenters. The van der Waals surface area contributed by atoms with Crippen LogP contribution in [0.15, 0.2) is 66.7 Å². The van der Waals surface area contributed by atoms with E-state index >= 15 is 0 Å². The van der Waals surface area contributed by atoms with E-state index in [2.05, 4.69) is 35.0 Å². The molecule has 4 rings (SSSR count). The molecule has 2 aromatic carbocycles. The minimum Gasteiger partial charge on any atom is -0.326 e. The van der Waals surface area contributed by atoms with Crippen LogP contribution in [0.2, 0.25) is 0 Å². The average Bonchev–Trinajstić information content (AvgIpc) is 3.16. The fourth-order valence-electron chi connectivity index (χ4n) is 3.20. The molecule has 4 aromatic rings. The summed E-state index contributed by atoms with van der Waals surface area (Å²) in [7, 11) is 0. The smallest absolute Gasteiger partial charge is 0.177 e. The minimum atomic E-state index is 0.530. The Kier molecular flexibility index (Phi) is 5.31. The normalized spacial score (nSPS) is 12.3. The van der Waals surface area contributed by atoms with E-state index in [4.69, 9.17) is 10.8 Å². The number of fused-ring (bicyclic) bond motifs is 1. The second kappa shape index (κ2) is 8.20. The topological polar surface area (TPSA) is 69.1 Å². The van der Waals surface area contributed by atoms with Gasteiger partial charge in [0.25, 0.3) is 0 Å². The number of aromatic nitrogens is 4. The van der Waals surface area contributed by atoms with E-state index in [9.17, 15) is 0 Å². The van der Waals surface area contributed by atoms with Crippen LogP contribution in [0.4, 0.5) is 0 Å². The number of allylic oxidation sites excluding steroid dienone is 2. The molecule has 0 aliphatic heterocycles. The highest BCUT2D eigenvalue weighted by Gasteiger charge is 2.10. The van der Waals surface area contributed by atoms with E-state index in [0.717, 1.165) is 44.3 Å². The molecule has 5 heteroatoms. The van der Waals surface area contributed by atoms with Gasteiger partial charge in [0.05, 0.1) is 5.69 Å². The van der Waals surface area contributed by atoms with Crippen LogP contribution in [0, 0.1) is 0 Å². The SMILES string of the molecule is C=c1ccc(Cc2nnc3ccc(-c4ccc(CN)cc4)nn23)c/c1=C/C=C\C. The fraction of sp³-hybridized carbons (Fsp3) is 0.125. The lowest BCUT2D eigenvalue weighted by Gasteiger charge is -2.05. The summed E-state index contributed by atoms with van der Waals surface area (Å²) in [6, 6.07) is 18.3. The Balaban J connectivity index is 1.70. The molecule has 2 heterocycles. The molecular weight excluding hydrogens is 358 g/mol. The molecule has 0 spiro atoms. The van der Waals surface area contributed by atoms with Crippen molar-refractivity contribution in [1.82, 2.24) is 19.8 Å². The van der Waals surface area contributed by atoms with Crippen LogP contribution in [0.5, 0.6) is 0 Å². The first kappa shape index (κ1) is 18.8. The van der Waals surface area contributed by atoms with Crippen LogP contribution in [-0.4, -0.2) is 19.8 Å². The average molecular weight is 381 g/mol. The number of benzene rings is 2. The zero-order chi connectivity index (χ0) is 20.2. The zero-order valence-electron chi connectivity index (χ0n) is 16.4. The molecule has 0 saturated heterocycles. The predicted molar refractivity (Wildman–Crippen MR) is 117 cm³/mol. The van der Waals surface area contributed by atoms with Crippen molar-refractivity contribution in [3.8, 4) is 11.3 Å². The monoisotopic (exact) mass is 381 g/mol. The van der Waals surface area contributed by atoms with Crippen molar-refractivity contribution < 1.29 is 0 Å². The maximum absolute atomic E-state index is 5.69. The summed E-state index contributed by atoms with van der Waals surface area (Å²) < 4.78 is 1.82. The van der Waals surface area contributed by atoms with Gasteiger partial charge in [0.1, 0.15) is 0 Å². The summed E-state index contributed by atoms with van der Waals surface area (Å²) in [6.07, 6.45) is 6.73. The van der Waals surface area contributed by atoms with Crippen LogP contribution in [0.3, 0.4) is 0 Å². The highest BCUT2D eigenvalue weighted by atomic mass is 15.4. The first-order chi connectivity index (χ1) is 14.2. The van der Waals surface area contributed by atoms with Gasteiger partial charge in [-0.3, -0.25) is 0 Å². The number of nitrogens with zero attached hydrogens (tertiary/aromatic N) is 4. The molecule has 0 fully saturated rings. The van der Waals surface area contributed by atoms with Gasteiger partial charge >= 0.3 is 0 Å². The third-order valence-corrected chi connectivity index (χ3v) is 4.85. The predicted octanol–water partition coefficient (Wildman–Crippen LogP) is 2.61. The summed E-state index contributed by atoms with van der Waals surface area (Å²) in [5.74, 6) is 0.800. The lowest BCUT2D eigenvalue weighted by atomic mass is 10.1. The van der Waals surface area contributed by atoms with Crippen molar-refractivity contribution >= 4 is 18.3 Å². The van der Waals surface area contributed by atoms with Gasteiger partial charge in [0, 0.05) is 18.5 Å². The third-order valence-electron chi connectivity index (χ3n) is 4.85. The number of hydrogen-bond acceptors (Lipinski definition) is 4. The Hall–Kier alpha value is -3.57. The lowest BCUT2D eigenvalue weighted by Crippen LogP contribution is -2.23. The molecule has 2 aromatic heterocycles. The first-order valence-corrected chi connectivity index (χ1v) is 9.59. The van der Waals surface area contributed by atoms with E-state index in [1.165, 1.54) is 0 Å². The van der Waals surface area contributed by atoms with Crippen LogP contribution in [0.1, 0.15) is 23.9 Å². The summed E-state index contributed by atoms with van der Waals surface area (Å²) in [6.45, 7) is 6.63. The van der Waals surface area contributed by atoms with Gasteiger partial charge < -0.3 is 5.73 Å². The lowest BCUT2D eigenvalue weighted by molar-refractivity contribution is 0.841. The van der Waals surface area contributed by atoms with Crippen molar-refractivity contribution in [1.29, 1.82) is 0 Å². The third kappa shape index (κ3) is 4.00. The Morgan fingerprint density at radius 2 is 1.79 bits per heavy atom. The van der Waals surface area contributed by atoms with Gasteiger partial charge in [-0.05, 0) is 40.6 Å². The van der Waals surface area contributed by atoms with Crippen LogP contribution >= 0.6 is 0 Å². The zero-order valence-corrected chi connectivity index (χ0v) is 16.4. The van der Waals surface area contributed by atoms with Gasteiger partial charge in [0.15, 0.2) is 11.5 Å². The van der Waals surface area contributed by atoms with E-state index in [0.29, 0.717) is 13.0 Å². The highest BCUT2D eigenvalue weighted by molar-refractivity contribution is 5.60. The molecule has 144 valence electrons. The second-order valence-electron chi connectivity index (χ2n) is 6.91. The first-order valence-electron chi connectivity index (χ1n) is 9.59. The Morgan fingerprint density at radius 3 is 2.55 bits per heavy atom.